The Kier molecular flexibility index (Phi) is 2.97. The van der Waals surface area contributed by atoms with Crippen molar-refractivity contribution < 1.29 is 0 Å². The van der Waals surface area contributed by atoms with Crippen molar-refractivity contribution in [3.05, 3.63) is 54.6 Å². The minimum Gasteiger partial charge on any atom is -0.320 e. The summed E-state index contributed by atoms with van der Waals surface area (Å²) in [5.74, 6) is 0. The van der Waals surface area contributed by atoms with Crippen LogP contribution >= 0.6 is 12.2 Å². The number of hydrogen-bond donors (Lipinski definition) is 0. The summed E-state index contributed by atoms with van der Waals surface area (Å²) < 4.78 is 1.68. The van der Waals surface area contributed by atoms with Gasteiger partial charge in [-0.05, 0) is 36.5 Å². The average Bonchev–Trinajstić information content (AvgIpc) is 2.90. The van der Waals surface area contributed by atoms with Gasteiger partial charge in [0.25, 0.3) is 0 Å². The van der Waals surface area contributed by atoms with E-state index in [0.29, 0.717) is 5.11 Å². The molecule has 4 nitrogen and oxygen atoms in total. The predicted molar refractivity (Wildman–Crippen MR) is 80.4 cm³/mol. The normalized spacial score (nSPS) is 10.6. The van der Waals surface area contributed by atoms with Crippen molar-refractivity contribution in [2.75, 3.05) is 11.9 Å². The molecule has 0 saturated carbocycles. The maximum atomic E-state index is 5.49. The van der Waals surface area contributed by atoms with E-state index >= 15 is 0 Å². The summed E-state index contributed by atoms with van der Waals surface area (Å²) in [6, 6.07) is 17.7. The van der Waals surface area contributed by atoms with E-state index in [1.165, 1.54) is 0 Å². The number of hydrogen-bond acceptors (Lipinski definition) is 3. The van der Waals surface area contributed by atoms with Gasteiger partial charge in [-0.3, -0.25) is 0 Å². The predicted octanol–water partition coefficient (Wildman–Crippen LogP) is 2.70. The van der Waals surface area contributed by atoms with E-state index in [9.17, 15) is 0 Å². The number of thiocarbonyl (C=S) groups is 1. The zero-order valence-electron chi connectivity index (χ0n) is 10.4. The fraction of sp³-hybridized carbons (Fsp3) is 0.0714. The van der Waals surface area contributed by atoms with Crippen LogP contribution < -0.4 is 4.90 Å². The number of rotatable bonds is 1. The molecule has 0 unspecified atom stereocenters. The van der Waals surface area contributed by atoms with E-state index in [2.05, 4.69) is 10.3 Å². The average molecular weight is 268 g/mol. The van der Waals surface area contributed by atoms with Gasteiger partial charge in [-0.2, -0.15) is 4.68 Å². The molecule has 0 radical (unpaired) electrons. The van der Waals surface area contributed by atoms with Crippen LogP contribution in [0.2, 0.25) is 0 Å². The van der Waals surface area contributed by atoms with E-state index in [4.69, 9.17) is 12.2 Å². The van der Waals surface area contributed by atoms with Crippen molar-refractivity contribution in [1.82, 2.24) is 15.0 Å². The van der Waals surface area contributed by atoms with Gasteiger partial charge in [0, 0.05) is 12.7 Å². The number of anilines is 1. The molecule has 0 saturated heterocycles. The highest BCUT2D eigenvalue weighted by atomic mass is 32.1. The Bertz CT molecular complexity index is 720. The smallest absolute Gasteiger partial charge is 0.202 e. The summed E-state index contributed by atoms with van der Waals surface area (Å²) in [7, 11) is 1.92. The summed E-state index contributed by atoms with van der Waals surface area (Å²) in [4.78, 5) is 1.91. The lowest BCUT2D eigenvalue weighted by Crippen LogP contribution is -2.31. The van der Waals surface area contributed by atoms with Gasteiger partial charge >= 0.3 is 0 Å². The van der Waals surface area contributed by atoms with Crippen molar-refractivity contribution in [1.29, 1.82) is 0 Å². The van der Waals surface area contributed by atoms with Gasteiger partial charge < -0.3 is 4.90 Å². The van der Waals surface area contributed by atoms with Gasteiger partial charge in [-0.1, -0.05) is 35.5 Å². The second-order valence-corrected chi connectivity index (χ2v) is 4.53. The number of para-hydroxylation sites is 2. The van der Waals surface area contributed by atoms with Crippen LogP contribution in [-0.2, 0) is 0 Å². The van der Waals surface area contributed by atoms with Crippen LogP contribution in [0, 0.1) is 0 Å². The first-order valence-corrected chi connectivity index (χ1v) is 6.32. The third-order valence-corrected chi connectivity index (χ3v) is 3.41. The van der Waals surface area contributed by atoms with Crippen molar-refractivity contribution in [2.24, 2.45) is 0 Å². The minimum absolute atomic E-state index is 0.597. The SMILES string of the molecule is CN(C(=S)n1nnc2ccccc21)c1ccccc1. The van der Waals surface area contributed by atoms with Crippen LogP contribution in [-0.4, -0.2) is 27.2 Å². The van der Waals surface area contributed by atoms with Gasteiger partial charge in [-0.15, -0.1) is 5.10 Å². The lowest BCUT2D eigenvalue weighted by molar-refractivity contribution is 0.857. The van der Waals surface area contributed by atoms with Crippen LogP contribution in [0.25, 0.3) is 11.0 Å². The molecule has 0 atom stereocenters. The Hall–Kier alpha value is -2.27. The van der Waals surface area contributed by atoms with Crippen molar-refractivity contribution in [3.63, 3.8) is 0 Å². The molecule has 3 rings (SSSR count). The van der Waals surface area contributed by atoms with E-state index in [0.717, 1.165) is 16.7 Å². The molecule has 19 heavy (non-hydrogen) atoms. The quantitative estimate of drug-likeness (QED) is 0.635. The molecule has 0 aliphatic heterocycles. The molecule has 0 fully saturated rings. The van der Waals surface area contributed by atoms with E-state index < -0.39 is 0 Å². The summed E-state index contributed by atoms with van der Waals surface area (Å²) in [5.41, 5.74) is 2.77. The van der Waals surface area contributed by atoms with Gasteiger partial charge in [0.1, 0.15) is 5.52 Å². The van der Waals surface area contributed by atoms with Crippen molar-refractivity contribution >= 4 is 34.1 Å². The summed E-state index contributed by atoms with van der Waals surface area (Å²) in [6.45, 7) is 0. The molecule has 0 aliphatic carbocycles. The van der Waals surface area contributed by atoms with E-state index in [-0.39, 0.29) is 0 Å². The fourth-order valence-electron chi connectivity index (χ4n) is 1.91. The number of nitrogens with zero attached hydrogens (tertiary/aromatic N) is 4. The highest BCUT2D eigenvalue weighted by molar-refractivity contribution is 7.80. The molecule has 0 spiro atoms. The Balaban J connectivity index is 2.00. The van der Waals surface area contributed by atoms with Crippen molar-refractivity contribution in [3.8, 4) is 0 Å². The largest absolute Gasteiger partial charge is 0.320 e. The summed E-state index contributed by atoms with van der Waals surface area (Å²) in [5, 5.41) is 8.84. The minimum atomic E-state index is 0.597. The maximum absolute atomic E-state index is 5.49. The third-order valence-electron chi connectivity index (χ3n) is 2.96. The summed E-state index contributed by atoms with van der Waals surface area (Å²) >= 11 is 5.49. The molecule has 3 aromatic rings. The molecule has 5 heteroatoms. The standard InChI is InChI=1S/C14H12N4S/c1-17(11-7-3-2-4-8-11)14(19)18-13-10-6-5-9-12(13)15-16-18/h2-10H,1H3. The first-order chi connectivity index (χ1) is 9.27. The molecule has 1 aromatic heterocycles. The van der Waals surface area contributed by atoms with E-state index in [1.807, 2.05) is 66.5 Å². The molecular formula is C14H12N4S. The lowest BCUT2D eigenvalue weighted by Gasteiger charge is -2.19. The van der Waals surface area contributed by atoms with Crippen LogP contribution in [0.4, 0.5) is 5.69 Å². The van der Waals surface area contributed by atoms with E-state index in [1.54, 1.807) is 4.68 Å². The van der Waals surface area contributed by atoms with Crippen LogP contribution in [0.3, 0.4) is 0 Å². The zero-order valence-corrected chi connectivity index (χ0v) is 11.2. The lowest BCUT2D eigenvalue weighted by atomic mass is 10.3. The number of benzene rings is 2. The van der Waals surface area contributed by atoms with Gasteiger partial charge in [0.05, 0.1) is 5.52 Å². The van der Waals surface area contributed by atoms with Crippen molar-refractivity contribution in [2.45, 2.75) is 0 Å². The van der Waals surface area contributed by atoms with Gasteiger partial charge in [-0.25, -0.2) is 0 Å². The fourth-order valence-corrected chi connectivity index (χ4v) is 2.15. The zero-order chi connectivity index (χ0) is 13.2. The number of aromatic nitrogens is 3. The molecule has 0 amide bonds. The van der Waals surface area contributed by atoms with Gasteiger partial charge in [0.2, 0.25) is 5.11 Å². The van der Waals surface area contributed by atoms with Crippen LogP contribution in [0.5, 0.6) is 0 Å². The van der Waals surface area contributed by atoms with Crippen LogP contribution in [0.15, 0.2) is 54.6 Å². The highest BCUT2D eigenvalue weighted by Gasteiger charge is 2.13. The molecule has 1 heterocycles. The van der Waals surface area contributed by atoms with Crippen LogP contribution in [0.1, 0.15) is 0 Å². The molecule has 94 valence electrons. The highest BCUT2D eigenvalue weighted by Crippen LogP contribution is 2.15. The first kappa shape index (κ1) is 11.8. The first-order valence-electron chi connectivity index (χ1n) is 5.91. The molecule has 0 bridgehead atoms. The number of fused-ring (bicyclic) bond motifs is 1. The maximum Gasteiger partial charge on any atom is 0.202 e. The Morgan fingerprint density at radius 3 is 2.53 bits per heavy atom. The summed E-state index contributed by atoms with van der Waals surface area (Å²) in [6.07, 6.45) is 0. The topological polar surface area (TPSA) is 34.0 Å². The molecule has 2 aromatic carbocycles. The Morgan fingerprint density at radius 2 is 1.74 bits per heavy atom. The molecular weight excluding hydrogens is 256 g/mol. The van der Waals surface area contributed by atoms with Gasteiger partial charge in [0.15, 0.2) is 0 Å². The third kappa shape index (κ3) is 2.08. The molecule has 0 aliphatic rings. The molecule has 0 N–H and O–H groups in total. The second kappa shape index (κ2) is 4.78. The Morgan fingerprint density at radius 1 is 1.05 bits per heavy atom. The second-order valence-electron chi connectivity index (χ2n) is 4.17. The Labute approximate surface area is 116 Å². The monoisotopic (exact) mass is 268 g/mol.